The quantitative estimate of drug-likeness (QED) is 0.692. The predicted octanol–water partition coefficient (Wildman–Crippen LogP) is 2.88. The summed E-state index contributed by atoms with van der Waals surface area (Å²) < 4.78 is 4.09. The maximum absolute atomic E-state index is 4.58. The first kappa shape index (κ1) is 13.2. The van der Waals surface area contributed by atoms with E-state index in [9.17, 15) is 0 Å². The first-order valence-electron chi connectivity index (χ1n) is 6.60. The molecule has 0 bridgehead atoms. The van der Waals surface area contributed by atoms with Crippen molar-refractivity contribution in [3.8, 4) is 0 Å². The number of thioether (sulfide) groups is 1. The van der Waals surface area contributed by atoms with Gasteiger partial charge in [0.15, 0.2) is 5.16 Å². The molecular weight excluding hydrogens is 270 g/mol. The fraction of sp³-hybridized carbons (Fsp3) is 0.357. The summed E-state index contributed by atoms with van der Waals surface area (Å²) in [5.74, 6) is 2.20. The highest BCUT2D eigenvalue weighted by molar-refractivity contribution is 7.98. The number of hydrogen-bond acceptors (Lipinski definition) is 4. The van der Waals surface area contributed by atoms with Crippen molar-refractivity contribution in [3.63, 3.8) is 0 Å². The molecule has 0 spiro atoms. The summed E-state index contributed by atoms with van der Waals surface area (Å²) in [6, 6.07) is 6.01. The van der Waals surface area contributed by atoms with Gasteiger partial charge in [-0.1, -0.05) is 31.7 Å². The lowest BCUT2D eigenvalue weighted by Gasteiger charge is -2.04. The average Bonchev–Trinajstić information content (AvgIpc) is 2.99. The molecule has 0 saturated carbocycles. The zero-order valence-electron chi connectivity index (χ0n) is 11.8. The molecule has 0 fully saturated rings. The van der Waals surface area contributed by atoms with E-state index in [1.165, 1.54) is 0 Å². The highest BCUT2D eigenvalue weighted by Crippen LogP contribution is 2.23. The summed E-state index contributed by atoms with van der Waals surface area (Å²) in [6.07, 6.45) is 4.07. The second-order valence-corrected chi connectivity index (χ2v) is 5.98. The Labute approximate surface area is 122 Å². The Hall–Kier alpha value is -1.82. The molecule has 0 aromatic carbocycles. The molecule has 3 aromatic rings. The molecule has 0 aliphatic rings. The van der Waals surface area contributed by atoms with Gasteiger partial charge >= 0.3 is 0 Å². The minimum absolute atomic E-state index is 0.386. The molecule has 0 aliphatic heterocycles. The van der Waals surface area contributed by atoms with E-state index in [1.807, 2.05) is 35.8 Å². The van der Waals surface area contributed by atoms with Crippen molar-refractivity contribution in [2.75, 3.05) is 0 Å². The Morgan fingerprint density at radius 1 is 1.25 bits per heavy atom. The van der Waals surface area contributed by atoms with E-state index in [0.717, 1.165) is 28.1 Å². The number of imidazole rings is 1. The lowest BCUT2D eigenvalue weighted by Crippen LogP contribution is -2.00. The van der Waals surface area contributed by atoms with E-state index in [-0.39, 0.29) is 0 Å². The summed E-state index contributed by atoms with van der Waals surface area (Å²) in [5, 5.41) is 9.42. The minimum Gasteiger partial charge on any atom is -0.309 e. The highest BCUT2D eigenvalue weighted by Gasteiger charge is 2.12. The first-order valence-corrected chi connectivity index (χ1v) is 7.58. The summed E-state index contributed by atoms with van der Waals surface area (Å²) in [4.78, 5) is 4.58. The van der Waals surface area contributed by atoms with Crippen LogP contribution in [0, 0.1) is 0 Å². The monoisotopic (exact) mass is 287 g/mol. The second kappa shape index (κ2) is 5.28. The Balaban J connectivity index is 1.76. The van der Waals surface area contributed by atoms with Gasteiger partial charge in [-0.25, -0.2) is 4.98 Å². The first-order chi connectivity index (χ1) is 9.65. The smallest absolute Gasteiger partial charge is 0.191 e. The van der Waals surface area contributed by atoms with Gasteiger partial charge in [0, 0.05) is 31.1 Å². The molecule has 3 heterocycles. The van der Waals surface area contributed by atoms with Crippen molar-refractivity contribution < 1.29 is 0 Å². The minimum atomic E-state index is 0.386. The summed E-state index contributed by atoms with van der Waals surface area (Å²) in [7, 11) is 2.02. The van der Waals surface area contributed by atoms with Crippen molar-refractivity contribution >= 4 is 17.4 Å². The standard InChI is InChI=1S/C14H17N5S/c1-10(2)13-16-17-14(18(13)3)20-9-11-8-19-7-5-4-6-12(19)15-11/h4-8,10H,9H2,1-3H3. The van der Waals surface area contributed by atoms with E-state index in [4.69, 9.17) is 0 Å². The van der Waals surface area contributed by atoms with E-state index in [2.05, 4.69) is 39.8 Å². The molecule has 104 valence electrons. The third kappa shape index (κ3) is 2.43. The molecule has 0 unspecified atom stereocenters. The van der Waals surface area contributed by atoms with Crippen LogP contribution in [0.15, 0.2) is 35.7 Å². The fourth-order valence-corrected chi connectivity index (χ4v) is 2.95. The molecule has 0 amide bonds. The van der Waals surface area contributed by atoms with E-state index >= 15 is 0 Å². The topological polar surface area (TPSA) is 48.0 Å². The van der Waals surface area contributed by atoms with Crippen molar-refractivity contribution in [2.45, 2.75) is 30.7 Å². The zero-order valence-corrected chi connectivity index (χ0v) is 12.6. The number of nitrogens with zero attached hydrogens (tertiary/aromatic N) is 5. The van der Waals surface area contributed by atoms with Crippen LogP contribution in [-0.4, -0.2) is 24.1 Å². The second-order valence-electron chi connectivity index (χ2n) is 5.04. The maximum Gasteiger partial charge on any atom is 0.191 e. The highest BCUT2D eigenvalue weighted by atomic mass is 32.2. The van der Waals surface area contributed by atoms with Crippen LogP contribution in [0.1, 0.15) is 31.3 Å². The number of rotatable bonds is 4. The number of hydrogen-bond donors (Lipinski definition) is 0. The normalized spacial score (nSPS) is 11.6. The Morgan fingerprint density at radius 2 is 2.10 bits per heavy atom. The zero-order chi connectivity index (χ0) is 14.1. The maximum atomic E-state index is 4.58. The number of aromatic nitrogens is 5. The van der Waals surface area contributed by atoms with E-state index in [1.54, 1.807) is 11.8 Å². The van der Waals surface area contributed by atoms with Gasteiger partial charge in [0.25, 0.3) is 0 Å². The molecule has 0 radical (unpaired) electrons. The van der Waals surface area contributed by atoms with Crippen LogP contribution in [0.2, 0.25) is 0 Å². The van der Waals surface area contributed by atoms with Gasteiger partial charge in [-0.15, -0.1) is 10.2 Å². The number of pyridine rings is 1. The van der Waals surface area contributed by atoms with Crippen molar-refractivity contribution in [1.82, 2.24) is 24.1 Å². The summed E-state index contributed by atoms with van der Waals surface area (Å²) in [6.45, 7) is 4.25. The van der Waals surface area contributed by atoms with Crippen molar-refractivity contribution in [1.29, 1.82) is 0 Å². The summed E-state index contributed by atoms with van der Waals surface area (Å²) in [5.41, 5.74) is 2.03. The van der Waals surface area contributed by atoms with Crippen LogP contribution in [0.3, 0.4) is 0 Å². The third-order valence-corrected chi connectivity index (χ3v) is 4.20. The molecule has 5 nitrogen and oxygen atoms in total. The fourth-order valence-electron chi connectivity index (χ4n) is 2.15. The molecule has 3 rings (SSSR count). The van der Waals surface area contributed by atoms with Crippen LogP contribution in [0.25, 0.3) is 5.65 Å². The van der Waals surface area contributed by atoms with E-state index in [0.29, 0.717) is 5.92 Å². The predicted molar refractivity (Wildman–Crippen MR) is 79.8 cm³/mol. The molecule has 0 atom stereocenters. The van der Waals surface area contributed by atoms with Crippen molar-refractivity contribution in [2.24, 2.45) is 7.05 Å². The van der Waals surface area contributed by atoms with E-state index < -0.39 is 0 Å². The molecule has 6 heteroatoms. The van der Waals surface area contributed by atoms with Gasteiger partial charge in [-0.2, -0.15) is 0 Å². The lowest BCUT2D eigenvalue weighted by molar-refractivity contribution is 0.680. The molecule has 0 aliphatic carbocycles. The Morgan fingerprint density at radius 3 is 2.80 bits per heavy atom. The molecule has 3 aromatic heterocycles. The Bertz CT molecular complexity index is 695. The van der Waals surface area contributed by atoms with Gasteiger partial charge in [0.05, 0.1) is 5.69 Å². The van der Waals surface area contributed by atoms with Gasteiger partial charge in [0.2, 0.25) is 0 Å². The number of fused-ring (bicyclic) bond motifs is 1. The molecular formula is C14H17N5S. The van der Waals surface area contributed by atoms with Crippen molar-refractivity contribution in [3.05, 3.63) is 42.1 Å². The van der Waals surface area contributed by atoms with Crippen LogP contribution >= 0.6 is 11.8 Å². The van der Waals surface area contributed by atoms with Gasteiger partial charge in [0.1, 0.15) is 11.5 Å². The third-order valence-electron chi connectivity index (χ3n) is 3.15. The van der Waals surface area contributed by atoms with Crippen LogP contribution in [0.5, 0.6) is 0 Å². The Kier molecular flexibility index (Phi) is 3.48. The van der Waals surface area contributed by atoms with Crippen LogP contribution in [-0.2, 0) is 12.8 Å². The SMILES string of the molecule is CC(C)c1nnc(SCc2cn3ccccc3n2)n1C. The van der Waals surface area contributed by atoms with Crippen LogP contribution in [0.4, 0.5) is 0 Å². The molecule has 0 N–H and O–H groups in total. The van der Waals surface area contributed by atoms with Gasteiger partial charge in [-0.3, -0.25) is 0 Å². The molecule has 20 heavy (non-hydrogen) atoms. The van der Waals surface area contributed by atoms with Gasteiger partial charge in [-0.05, 0) is 12.1 Å². The summed E-state index contributed by atoms with van der Waals surface area (Å²) >= 11 is 1.67. The van der Waals surface area contributed by atoms with Crippen LogP contribution < -0.4 is 0 Å². The van der Waals surface area contributed by atoms with Gasteiger partial charge < -0.3 is 8.97 Å². The lowest BCUT2D eigenvalue weighted by atomic mass is 10.2. The largest absolute Gasteiger partial charge is 0.309 e. The molecule has 0 saturated heterocycles. The average molecular weight is 287 g/mol.